The molecule has 0 bridgehead atoms. The molecule has 4 rings (SSSR count). The normalized spacial score (nSPS) is 16.4. The summed E-state index contributed by atoms with van der Waals surface area (Å²) in [6.45, 7) is 5.78. The maximum Gasteiger partial charge on any atom is 0.326 e. The highest BCUT2D eigenvalue weighted by molar-refractivity contribution is 7.89. The highest BCUT2D eigenvalue weighted by Crippen LogP contribution is 2.24. The lowest BCUT2D eigenvalue weighted by Gasteiger charge is -2.34. The van der Waals surface area contributed by atoms with E-state index in [0.29, 0.717) is 18.2 Å². The molecule has 0 saturated carbocycles. The number of benzene rings is 2. The Balaban J connectivity index is 1.43. The Hall–Kier alpha value is -4.10. The van der Waals surface area contributed by atoms with Gasteiger partial charge in [0.05, 0.1) is 10.5 Å². The van der Waals surface area contributed by atoms with Gasteiger partial charge in [0.15, 0.2) is 0 Å². The van der Waals surface area contributed by atoms with E-state index in [4.69, 9.17) is 4.74 Å². The smallest absolute Gasteiger partial charge is 0.326 e. The Morgan fingerprint density at radius 1 is 1.10 bits per heavy atom. The number of ether oxygens (including phenoxy) is 1. The van der Waals surface area contributed by atoms with Gasteiger partial charge in [-0.3, -0.25) is 9.59 Å². The summed E-state index contributed by atoms with van der Waals surface area (Å²) in [6.07, 6.45) is 5.09. The zero-order chi connectivity index (χ0) is 30.3. The molecule has 2 aromatic carbocycles. The van der Waals surface area contributed by atoms with Crippen LogP contribution in [-0.4, -0.2) is 67.6 Å². The summed E-state index contributed by atoms with van der Waals surface area (Å²) in [5.41, 5.74) is -0.528. The molecule has 0 aliphatic carbocycles. The first kappa shape index (κ1) is 30.8. The molecule has 1 aromatic heterocycles. The molecule has 224 valence electrons. The molecule has 0 spiro atoms. The Bertz CT molecular complexity index is 1490. The molecule has 1 saturated heterocycles. The first-order valence-corrected chi connectivity index (χ1v) is 15.1. The molecule has 1 amide bonds. The molecule has 1 aliphatic heterocycles. The SMILES string of the molecule is CC(C)(C)OC(=O)C(CNC(=O)c1ccc(N2CCCC(Nc3ncccn3)C2)cc1F)NS(=O)(=O)c1ccccc1. The van der Waals surface area contributed by atoms with Gasteiger partial charge in [-0.1, -0.05) is 18.2 Å². The van der Waals surface area contributed by atoms with Crippen molar-refractivity contribution >= 4 is 33.5 Å². The first-order chi connectivity index (χ1) is 19.9. The van der Waals surface area contributed by atoms with Crippen molar-refractivity contribution in [2.45, 2.75) is 56.2 Å². The van der Waals surface area contributed by atoms with Crippen LogP contribution in [-0.2, 0) is 19.6 Å². The van der Waals surface area contributed by atoms with E-state index in [0.717, 1.165) is 19.4 Å². The van der Waals surface area contributed by atoms with Gasteiger partial charge >= 0.3 is 5.97 Å². The summed E-state index contributed by atoms with van der Waals surface area (Å²) < 4.78 is 48.6. The number of anilines is 2. The summed E-state index contributed by atoms with van der Waals surface area (Å²) >= 11 is 0. The van der Waals surface area contributed by atoms with Crippen LogP contribution in [0.15, 0.2) is 71.9 Å². The van der Waals surface area contributed by atoms with Crippen LogP contribution in [0, 0.1) is 5.82 Å². The Labute approximate surface area is 244 Å². The van der Waals surface area contributed by atoms with E-state index < -0.39 is 45.9 Å². The van der Waals surface area contributed by atoms with Crippen molar-refractivity contribution in [1.29, 1.82) is 0 Å². The maximum absolute atomic E-state index is 15.2. The average molecular weight is 599 g/mol. The topological polar surface area (TPSA) is 143 Å². The van der Waals surface area contributed by atoms with Crippen molar-refractivity contribution in [3.05, 3.63) is 78.4 Å². The van der Waals surface area contributed by atoms with E-state index in [1.807, 2.05) is 4.90 Å². The minimum Gasteiger partial charge on any atom is -0.459 e. The highest BCUT2D eigenvalue weighted by Gasteiger charge is 2.31. The number of carbonyl (C=O) groups excluding carboxylic acids is 2. The predicted molar refractivity (Wildman–Crippen MR) is 156 cm³/mol. The molecule has 42 heavy (non-hydrogen) atoms. The zero-order valence-corrected chi connectivity index (χ0v) is 24.5. The third-order valence-electron chi connectivity index (χ3n) is 6.39. The van der Waals surface area contributed by atoms with Crippen molar-refractivity contribution < 1.29 is 27.1 Å². The molecule has 3 N–H and O–H groups in total. The van der Waals surface area contributed by atoms with Crippen molar-refractivity contribution in [2.75, 3.05) is 29.9 Å². The van der Waals surface area contributed by atoms with Gasteiger partial charge in [0, 0.05) is 43.8 Å². The van der Waals surface area contributed by atoms with Crippen LogP contribution in [0.3, 0.4) is 0 Å². The number of nitrogens with zero attached hydrogens (tertiary/aromatic N) is 3. The van der Waals surface area contributed by atoms with Crippen molar-refractivity contribution in [3.8, 4) is 0 Å². The van der Waals surface area contributed by atoms with Crippen LogP contribution in [0.5, 0.6) is 0 Å². The van der Waals surface area contributed by atoms with Crippen LogP contribution in [0.25, 0.3) is 0 Å². The van der Waals surface area contributed by atoms with Crippen molar-refractivity contribution in [2.24, 2.45) is 0 Å². The highest BCUT2D eigenvalue weighted by atomic mass is 32.2. The molecule has 1 aliphatic rings. The van der Waals surface area contributed by atoms with Gasteiger partial charge in [0.2, 0.25) is 16.0 Å². The van der Waals surface area contributed by atoms with Gasteiger partial charge < -0.3 is 20.3 Å². The molecule has 13 heteroatoms. The number of esters is 1. The summed E-state index contributed by atoms with van der Waals surface area (Å²) in [5.74, 6) is -1.90. The summed E-state index contributed by atoms with van der Waals surface area (Å²) in [5, 5.41) is 5.76. The van der Waals surface area contributed by atoms with E-state index in [-0.39, 0.29) is 16.5 Å². The van der Waals surface area contributed by atoms with Crippen LogP contribution in [0.4, 0.5) is 16.0 Å². The minimum absolute atomic E-state index is 0.0574. The number of nitrogens with one attached hydrogen (secondary N) is 3. The van der Waals surface area contributed by atoms with Gasteiger partial charge in [0.25, 0.3) is 5.91 Å². The van der Waals surface area contributed by atoms with Gasteiger partial charge in [-0.2, -0.15) is 4.72 Å². The Morgan fingerprint density at radius 2 is 1.81 bits per heavy atom. The summed E-state index contributed by atoms with van der Waals surface area (Å²) in [7, 11) is -4.12. The monoisotopic (exact) mass is 598 g/mol. The van der Waals surface area contributed by atoms with Crippen LogP contribution in [0.1, 0.15) is 44.0 Å². The van der Waals surface area contributed by atoms with Crippen LogP contribution in [0.2, 0.25) is 0 Å². The second-order valence-corrected chi connectivity index (χ2v) is 12.6. The molecule has 2 atom stereocenters. The Morgan fingerprint density at radius 3 is 2.48 bits per heavy atom. The van der Waals surface area contributed by atoms with Crippen molar-refractivity contribution in [3.63, 3.8) is 0 Å². The van der Waals surface area contributed by atoms with E-state index in [1.165, 1.54) is 24.3 Å². The summed E-state index contributed by atoms with van der Waals surface area (Å²) in [4.78, 5) is 36.1. The molecule has 0 radical (unpaired) electrons. The molecule has 11 nitrogen and oxygen atoms in total. The van der Waals surface area contributed by atoms with Gasteiger partial charge in [-0.05, 0) is 70.0 Å². The number of hydrogen-bond acceptors (Lipinski definition) is 9. The largest absolute Gasteiger partial charge is 0.459 e. The number of piperidine rings is 1. The van der Waals surface area contributed by atoms with E-state index >= 15 is 4.39 Å². The quantitative estimate of drug-likeness (QED) is 0.300. The average Bonchev–Trinajstić information content (AvgIpc) is 2.95. The second kappa shape index (κ2) is 13.3. The molecule has 3 aromatic rings. The van der Waals surface area contributed by atoms with Crippen LogP contribution < -0.4 is 20.3 Å². The fourth-order valence-corrected chi connectivity index (χ4v) is 5.67. The van der Waals surface area contributed by atoms with Gasteiger partial charge in [-0.25, -0.2) is 22.8 Å². The number of aromatic nitrogens is 2. The minimum atomic E-state index is -4.12. The molecule has 2 heterocycles. The number of sulfonamides is 1. The zero-order valence-electron chi connectivity index (χ0n) is 23.7. The molecular formula is C29H35FN6O5S. The van der Waals surface area contributed by atoms with E-state index in [2.05, 4.69) is 25.3 Å². The second-order valence-electron chi connectivity index (χ2n) is 10.9. The maximum atomic E-state index is 15.2. The predicted octanol–water partition coefficient (Wildman–Crippen LogP) is 3.12. The van der Waals surface area contributed by atoms with Gasteiger partial charge in [0.1, 0.15) is 17.5 Å². The van der Waals surface area contributed by atoms with Gasteiger partial charge in [-0.15, -0.1) is 0 Å². The third-order valence-corrected chi connectivity index (χ3v) is 7.88. The molecule has 2 unspecified atom stereocenters. The number of carbonyl (C=O) groups is 2. The van der Waals surface area contributed by atoms with E-state index in [1.54, 1.807) is 63.5 Å². The summed E-state index contributed by atoms with van der Waals surface area (Å²) in [6, 6.07) is 12.2. The lowest BCUT2D eigenvalue weighted by atomic mass is 10.0. The van der Waals surface area contributed by atoms with Crippen molar-refractivity contribution in [1.82, 2.24) is 20.0 Å². The number of amides is 1. The first-order valence-electron chi connectivity index (χ1n) is 13.6. The number of halogens is 1. The molecular weight excluding hydrogens is 563 g/mol. The Kier molecular flexibility index (Phi) is 9.74. The molecule has 1 fully saturated rings. The number of hydrogen-bond donors (Lipinski definition) is 3. The third kappa shape index (κ3) is 8.46. The number of rotatable bonds is 10. The standard InChI is InChI=1S/C29H35FN6O5S/c1-29(2,3)41-27(38)25(35-42(39,40)22-10-5-4-6-11-22)18-33-26(37)23-13-12-21(17-24(23)30)36-16-7-9-20(19-36)34-28-31-14-8-15-32-28/h4-6,8,10-15,17,20,25,35H,7,9,16,18-19H2,1-3H3,(H,33,37)(H,31,32,34). The van der Waals surface area contributed by atoms with Crippen LogP contribution >= 0.6 is 0 Å². The lowest BCUT2D eigenvalue weighted by molar-refractivity contribution is -0.156. The fourth-order valence-electron chi connectivity index (χ4n) is 4.46. The fraction of sp³-hybridized carbons (Fsp3) is 0.379. The lowest BCUT2D eigenvalue weighted by Crippen LogP contribution is -2.50. The van der Waals surface area contributed by atoms with E-state index in [9.17, 15) is 18.0 Å².